The first-order chi connectivity index (χ1) is 9.52. The van der Waals surface area contributed by atoms with E-state index in [1.165, 1.54) is 6.42 Å². The Morgan fingerprint density at radius 2 is 2.30 bits per heavy atom. The van der Waals surface area contributed by atoms with E-state index >= 15 is 0 Å². The summed E-state index contributed by atoms with van der Waals surface area (Å²) in [6.45, 7) is 3.61. The molecule has 0 spiro atoms. The molecule has 0 amide bonds. The molecule has 20 heavy (non-hydrogen) atoms. The van der Waals surface area contributed by atoms with Gasteiger partial charge in [0.1, 0.15) is 5.75 Å². The maximum absolute atomic E-state index is 10.6. The van der Waals surface area contributed by atoms with Crippen molar-refractivity contribution < 1.29 is 9.84 Å². The standard InChI is InChI=1S/C16H24BrNO2/c1-12-4-3-7-16(19,9-12)11-18-10-13-8-14(20-2)5-6-15(13)17/h5-6,8,12,18-19H,3-4,7,9-11H2,1-2H3. The zero-order valence-electron chi connectivity index (χ0n) is 12.3. The van der Waals surface area contributed by atoms with Gasteiger partial charge in [-0.2, -0.15) is 0 Å². The quantitative estimate of drug-likeness (QED) is 0.861. The van der Waals surface area contributed by atoms with Crippen LogP contribution in [-0.4, -0.2) is 24.4 Å². The van der Waals surface area contributed by atoms with Crippen LogP contribution >= 0.6 is 15.9 Å². The number of hydrogen-bond donors (Lipinski definition) is 2. The number of nitrogens with one attached hydrogen (secondary N) is 1. The van der Waals surface area contributed by atoms with E-state index in [4.69, 9.17) is 4.74 Å². The van der Waals surface area contributed by atoms with E-state index in [-0.39, 0.29) is 0 Å². The summed E-state index contributed by atoms with van der Waals surface area (Å²) in [5.41, 5.74) is 0.611. The Kier molecular flexibility index (Phi) is 5.47. The second-order valence-corrected chi connectivity index (χ2v) is 6.84. The molecule has 1 aliphatic rings. The van der Waals surface area contributed by atoms with E-state index in [0.29, 0.717) is 12.5 Å². The highest BCUT2D eigenvalue weighted by Crippen LogP contribution is 2.31. The van der Waals surface area contributed by atoms with Gasteiger partial charge < -0.3 is 15.2 Å². The summed E-state index contributed by atoms with van der Waals surface area (Å²) in [5, 5.41) is 14.0. The van der Waals surface area contributed by atoms with Gasteiger partial charge in [-0.3, -0.25) is 0 Å². The van der Waals surface area contributed by atoms with Crippen LogP contribution in [0.3, 0.4) is 0 Å². The largest absolute Gasteiger partial charge is 0.497 e. The molecule has 2 rings (SSSR count). The highest BCUT2D eigenvalue weighted by Gasteiger charge is 2.31. The maximum atomic E-state index is 10.6. The molecule has 1 saturated carbocycles. The van der Waals surface area contributed by atoms with E-state index in [0.717, 1.165) is 41.6 Å². The Balaban J connectivity index is 1.89. The molecule has 0 bridgehead atoms. The van der Waals surface area contributed by atoms with Gasteiger partial charge in [0.2, 0.25) is 0 Å². The molecule has 2 N–H and O–H groups in total. The fourth-order valence-corrected chi connectivity index (χ4v) is 3.42. The Hall–Kier alpha value is -0.580. The summed E-state index contributed by atoms with van der Waals surface area (Å²) >= 11 is 3.55. The number of benzene rings is 1. The van der Waals surface area contributed by atoms with Gasteiger partial charge in [0.15, 0.2) is 0 Å². The minimum atomic E-state index is -0.539. The van der Waals surface area contributed by atoms with E-state index in [2.05, 4.69) is 28.2 Å². The van der Waals surface area contributed by atoms with Crippen molar-refractivity contribution in [1.29, 1.82) is 0 Å². The molecular formula is C16H24BrNO2. The van der Waals surface area contributed by atoms with Crippen molar-refractivity contribution in [2.45, 2.75) is 44.8 Å². The molecule has 2 atom stereocenters. The Morgan fingerprint density at radius 1 is 1.50 bits per heavy atom. The van der Waals surface area contributed by atoms with Crippen LogP contribution in [0, 0.1) is 5.92 Å². The highest BCUT2D eigenvalue weighted by molar-refractivity contribution is 9.10. The number of aliphatic hydroxyl groups is 1. The van der Waals surface area contributed by atoms with Crippen molar-refractivity contribution in [3.63, 3.8) is 0 Å². The van der Waals surface area contributed by atoms with Crippen molar-refractivity contribution in [3.05, 3.63) is 28.2 Å². The predicted octanol–water partition coefficient (Wildman–Crippen LogP) is 3.49. The summed E-state index contributed by atoms with van der Waals surface area (Å²) in [6, 6.07) is 5.95. The minimum absolute atomic E-state index is 0.539. The first-order valence-electron chi connectivity index (χ1n) is 7.28. The molecule has 4 heteroatoms. The molecule has 3 nitrogen and oxygen atoms in total. The van der Waals surface area contributed by atoms with Crippen LogP contribution in [0.5, 0.6) is 5.75 Å². The van der Waals surface area contributed by atoms with Crippen LogP contribution < -0.4 is 10.1 Å². The average Bonchev–Trinajstić information content (AvgIpc) is 2.40. The smallest absolute Gasteiger partial charge is 0.119 e. The molecule has 0 saturated heterocycles. The summed E-state index contributed by atoms with van der Waals surface area (Å²) in [7, 11) is 1.67. The zero-order chi connectivity index (χ0) is 14.6. The van der Waals surface area contributed by atoms with Crippen LogP contribution in [0.15, 0.2) is 22.7 Å². The summed E-state index contributed by atoms with van der Waals surface area (Å²) in [6.07, 6.45) is 4.18. The fourth-order valence-electron chi connectivity index (χ4n) is 3.04. The van der Waals surface area contributed by atoms with Crippen molar-refractivity contribution >= 4 is 15.9 Å². The predicted molar refractivity (Wildman–Crippen MR) is 85.0 cm³/mol. The molecule has 1 aromatic carbocycles. The van der Waals surface area contributed by atoms with Crippen LogP contribution in [-0.2, 0) is 6.54 Å². The second kappa shape index (κ2) is 6.92. The fraction of sp³-hybridized carbons (Fsp3) is 0.625. The highest BCUT2D eigenvalue weighted by atomic mass is 79.9. The first-order valence-corrected chi connectivity index (χ1v) is 8.07. The van der Waals surface area contributed by atoms with E-state index in [1.54, 1.807) is 7.11 Å². The van der Waals surface area contributed by atoms with E-state index in [1.807, 2.05) is 18.2 Å². The minimum Gasteiger partial charge on any atom is -0.497 e. The van der Waals surface area contributed by atoms with Gasteiger partial charge in [0.05, 0.1) is 12.7 Å². The van der Waals surface area contributed by atoms with Gasteiger partial charge in [-0.1, -0.05) is 35.7 Å². The van der Waals surface area contributed by atoms with Gasteiger partial charge >= 0.3 is 0 Å². The topological polar surface area (TPSA) is 41.5 Å². The average molecular weight is 342 g/mol. The molecule has 0 heterocycles. The Bertz CT molecular complexity index is 452. The number of rotatable bonds is 5. The second-order valence-electron chi connectivity index (χ2n) is 5.99. The lowest BCUT2D eigenvalue weighted by atomic mass is 9.79. The summed E-state index contributed by atoms with van der Waals surface area (Å²) < 4.78 is 6.31. The van der Waals surface area contributed by atoms with Crippen molar-refractivity contribution in [2.24, 2.45) is 5.92 Å². The molecule has 0 radical (unpaired) electrons. The molecule has 1 fully saturated rings. The van der Waals surface area contributed by atoms with Gasteiger partial charge in [-0.05, 0) is 42.5 Å². The lowest BCUT2D eigenvalue weighted by Crippen LogP contribution is -2.43. The summed E-state index contributed by atoms with van der Waals surface area (Å²) in [5.74, 6) is 1.48. The lowest BCUT2D eigenvalue weighted by molar-refractivity contribution is -0.0119. The third-order valence-corrected chi connectivity index (χ3v) is 4.86. The monoisotopic (exact) mass is 341 g/mol. The summed E-state index contributed by atoms with van der Waals surface area (Å²) in [4.78, 5) is 0. The van der Waals surface area contributed by atoms with Crippen LogP contribution in [0.2, 0.25) is 0 Å². The van der Waals surface area contributed by atoms with Gasteiger partial charge in [0.25, 0.3) is 0 Å². The molecule has 112 valence electrons. The molecule has 0 aliphatic heterocycles. The van der Waals surface area contributed by atoms with Gasteiger partial charge in [-0.15, -0.1) is 0 Å². The Labute approximate surface area is 129 Å². The number of hydrogen-bond acceptors (Lipinski definition) is 3. The number of halogens is 1. The molecule has 0 aromatic heterocycles. The Morgan fingerprint density at radius 3 is 3.00 bits per heavy atom. The number of methoxy groups -OCH3 is 1. The zero-order valence-corrected chi connectivity index (χ0v) is 13.9. The molecule has 1 aliphatic carbocycles. The number of ether oxygens (including phenoxy) is 1. The molecule has 2 unspecified atom stereocenters. The van der Waals surface area contributed by atoms with Crippen LogP contribution in [0.25, 0.3) is 0 Å². The van der Waals surface area contributed by atoms with E-state index in [9.17, 15) is 5.11 Å². The van der Waals surface area contributed by atoms with Gasteiger partial charge in [-0.25, -0.2) is 0 Å². The van der Waals surface area contributed by atoms with Crippen molar-refractivity contribution in [2.75, 3.05) is 13.7 Å². The first kappa shape index (κ1) is 15.8. The third kappa shape index (κ3) is 4.21. The molecule has 1 aromatic rings. The van der Waals surface area contributed by atoms with Crippen LogP contribution in [0.1, 0.15) is 38.2 Å². The third-order valence-electron chi connectivity index (χ3n) is 4.09. The normalized spacial score (nSPS) is 26.5. The SMILES string of the molecule is COc1ccc(Br)c(CNCC2(O)CCCC(C)C2)c1. The van der Waals surface area contributed by atoms with E-state index < -0.39 is 5.60 Å². The lowest BCUT2D eigenvalue weighted by Gasteiger charge is -2.35. The maximum Gasteiger partial charge on any atom is 0.119 e. The molecular weight excluding hydrogens is 318 g/mol. The van der Waals surface area contributed by atoms with Crippen molar-refractivity contribution in [3.8, 4) is 5.75 Å². The van der Waals surface area contributed by atoms with Gasteiger partial charge in [0, 0.05) is 17.6 Å². The van der Waals surface area contributed by atoms with Crippen molar-refractivity contribution in [1.82, 2.24) is 5.32 Å². The van der Waals surface area contributed by atoms with Crippen LogP contribution in [0.4, 0.5) is 0 Å².